The molecule has 2 nitrogen and oxygen atoms in total. The third-order valence-electron chi connectivity index (χ3n) is 1.93. The minimum atomic E-state index is 0.453. The molecular formula is C9H17NO. The summed E-state index contributed by atoms with van der Waals surface area (Å²) in [6, 6.07) is 0. The van der Waals surface area contributed by atoms with Crippen LogP contribution in [0.2, 0.25) is 0 Å². The van der Waals surface area contributed by atoms with E-state index in [4.69, 9.17) is 4.84 Å². The van der Waals surface area contributed by atoms with Gasteiger partial charge in [-0.15, -0.1) is 0 Å². The largest absolute Gasteiger partial charge is 0.298 e. The van der Waals surface area contributed by atoms with Gasteiger partial charge in [-0.25, -0.2) is 0 Å². The highest BCUT2D eigenvalue weighted by atomic mass is 16.7. The molecule has 1 saturated carbocycles. The third kappa shape index (κ3) is 3.54. The fraction of sp³-hybridized carbons (Fsp3) is 0.778. The Morgan fingerprint density at radius 2 is 2.18 bits per heavy atom. The molecule has 0 bridgehead atoms. The van der Waals surface area contributed by atoms with Crippen LogP contribution < -0.4 is 5.48 Å². The molecule has 64 valence electrons. The van der Waals surface area contributed by atoms with Crippen LogP contribution in [0.25, 0.3) is 0 Å². The van der Waals surface area contributed by atoms with Crippen LogP contribution in [-0.2, 0) is 4.84 Å². The van der Waals surface area contributed by atoms with Gasteiger partial charge in [0.05, 0.1) is 6.10 Å². The molecule has 0 radical (unpaired) electrons. The van der Waals surface area contributed by atoms with Crippen molar-refractivity contribution in [1.29, 1.82) is 0 Å². The monoisotopic (exact) mass is 155 g/mol. The fourth-order valence-corrected chi connectivity index (χ4v) is 1.29. The molecule has 11 heavy (non-hydrogen) atoms. The molecule has 0 aromatic rings. The maximum atomic E-state index is 5.40. The molecule has 0 atom stereocenters. The van der Waals surface area contributed by atoms with Crippen molar-refractivity contribution >= 4 is 0 Å². The van der Waals surface area contributed by atoms with E-state index in [-0.39, 0.29) is 0 Å². The molecule has 0 heterocycles. The van der Waals surface area contributed by atoms with Crippen molar-refractivity contribution < 1.29 is 4.84 Å². The van der Waals surface area contributed by atoms with Gasteiger partial charge >= 0.3 is 0 Å². The van der Waals surface area contributed by atoms with E-state index in [2.05, 4.69) is 12.1 Å². The number of hydroxylamine groups is 1. The van der Waals surface area contributed by atoms with E-state index in [0.717, 1.165) is 12.1 Å². The van der Waals surface area contributed by atoms with Gasteiger partial charge < -0.3 is 0 Å². The Balaban J connectivity index is 1.98. The van der Waals surface area contributed by atoms with E-state index in [0.29, 0.717) is 6.10 Å². The van der Waals surface area contributed by atoms with Gasteiger partial charge in [-0.2, -0.15) is 5.48 Å². The van der Waals surface area contributed by atoms with Crippen LogP contribution in [0.3, 0.4) is 0 Å². The Morgan fingerprint density at radius 3 is 2.73 bits per heavy atom. The number of nitrogens with one attached hydrogen (secondary N) is 1. The van der Waals surface area contributed by atoms with Crippen molar-refractivity contribution in [3.05, 3.63) is 12.2 Å². The zero-order valence-electron chi connectivity index (χ0n) is 7.23. The lowest BCUT2D eigenvalue weighted by atomic mass is 10.3. The minimum Gasteiger partial charge on any atom is -0.298 e. The van der Waals surface area contributed by atoms with Crippen LogP contribution in [0.5, 0.6) is 0 Å². The first-order valence-electron chi connectivity index (χ1n) is 4.32. The molecule has 0 aliphatic heterocycles. The SMILES string of the molecule is C=C(C)CNOC1CCCC1. The second-order valence-electron chi connectivity index (χ2n) is 3.30. The average Bonchev–Trinajstić information content (AvgIpc) is 2.39. The summed E-state index contributed by atoms with van der Waals surface area (Å²) >= 11 is 0. The van der Waals surface area contributed by atoms with Gasteiger partial charge in [0.15, 0.2) is 0 Å². The molecule has 0 saturated heterocycles. The van der Waals surface area contributed by atoms with Gasteiger partial charge in [-0.1, -0.05) is 25.0 Å². The van der Waals surface area contributed by atoms with Gasteiger partial charge in [0.1, 0.15) is 0 Å². The summed E-state index contributed by atoms with van der Waals surface area (Å²) in [5.74, 6) is 0. The molecule has 1 rings (SSSR count). The molecule has 1 N–H and O–H groups in total. The van der Waals surface area contributed by atoms with E-state index < -0.39 is 0 Å². The van der Waals surface area contributed by atoms with Crippen LogP contribution in [0.15, 0.2) is 12.2 Å². The molecular weight excluding hydrogens is 138 g/mol. The zero-order valence-corrected chi connectivity index (χ0v) is 7.23. The van der Waals surface area contributed by atoms with Crippen molar-refractivity contribution in [3.63, 3.8) is 0 Å². The molecule has 1 aliphatic carbocycles. The lowest BCUT2D eigenvalue weighted by Crippen LogP contribution is -2.22. The normalized spacial score (nSPS) is 19.0. The number of hydrogen-bond acceptors (Lipinski definition) is 2. The van der Waals surface area contributed by atoms with Crippen LogP contribution in [-0.4, -0.2) is 12.6 Å². The minimum absolute atomic E-state index is 0.453. The van der Waals surface area contributed by atoms with Crippen molar-refractivity contribution in [2.24, 2.45) is 0 Å². The Kier molecular flexibility index (Phi) is 3.60. The van der Waals surface area contributed by atoms with Gasteiger partial charge in [0.25, 0.3) is 0 Å². The summed E-state index contributed by atoms with van der Waals surface area (Å²) in [6.07, 6.45) is 5.51. The summed E-state index contributed by atoms with van der Waals surface area (Å²) in [6.45, 7) is 6.54. The zero-order chi connectivity index (χ0) is 8.10. The van der Waals surface area contributed by atoms with E-state index >= 15 is 0 Å². The molecule has 0 aromatic carbocycles. The molecule has 1 aliphatic rings. The third-order valence-corrected chi connectivity index (χ3v) is 1.93. The van der Waals surface area contributed by atoms with Crippen molar-refractivity contribution in [2.75, 3.05) is 6.54 Å². The van der Waals surface area contributed by atoms with Crippen LogP contribution in [0.1, 0.15) is 32.6 Å². The standard InChI is InChI=1S/C9H17NO/c1-8(2)7-10-11-9-5-3-4-6-9/h9-10H,1,3-7H2,2H3. The molecule has 2 heteroatoms. The second kappa shape index (κ2) is 4.52. The van der Waals surface area contributed by atoms with Gasteiger partial charge in [-0.3, -0.25) is 4.84 Å². The average molecular weight is 155 g/mol. The van der Waals surface area contributed by atoms with E-state index in [9.17, 15) is 0 Å². The molecule has 0 spiro atoms. The first kappa shape index (κ1) is 8.75. The van der Waals surface area contributed by atoms with E-state index in [1.165, 1.54) is 25.7 Å². The predicted octanol–water partition coefficient (Wildman–Crippen LogP) is 2.03. The second-order valence-corrected chi connectivity index (χ2v) is 3.30. The summed E-state index contributed by atoms with van der Waals surface area (Å²) in [5.41, 5.74) is 4.04. The lowest BCUT2D eigenvalue weighted by molar-refractivity contribution is -0.0159. The van der Waals surface area contributed by atoms with Gasteiger partial charge in [0.2, 0.25) is 0 Å². The fourth-order valence-electron chi connectivity index (χ4n) is 1.29. The topological polar surface area (TPSA) is 21.3 Å². The van der Waals surface area contributed by atoms with Crippen molar-refractivity contribution in [1.82, 2.24) is 5.48 Å². The summed E-state index contributed by atoms with van der Waals surface area (Å²) in [7, 11) is 0. The Morgan fingerprint density at radius 1 is 1.55 bits per heavy atom. The van der Waals surface area contributed by atoms with Crippen LogP contribution in [0.4, 0.5) is 0 Å². The van der Waals surface area contributed by atoms with Gasteiger partial charge in [0, 0.05) is 6.54 Å². The highest BCUT2D eigenvalue weighted by Gasteiger charge is 2.14. The highest BCUT2D eigenvalue weighted by Crippen LogP contribution is 2.19. The maximum Gasteiger partial charge on any atom is 0.0790 e. The van der Waals surface area contributed by atoms with E-state index in [1.54, 1.807) is 0 Å². The Labute approximate surface area is 68.6 Å². The molecule has 0 unspecified atom stereocenters. The summed E-state index contributed by atoms with van der Waals surface area (Å²) < 4.78 is 0. The van der Waals surface area contributed by atoms with Gasteiger partial charge in [-0.05, 0) is 19.8 Å². The number of hydrogen-bond donors (Lipinski definition) is 1. The smallest absolute Gasteiger partial charge is 0.0790 e. The molecule has 1 fully saturated rings. The highest BCUT2D eigenvalue weighted by molar-refractivity contribution is 4.89. The quantitative estimate of drug-likeness (QED) is 0.495. The molecule has 0 amide bonds. The predicted molar refractivity (Wildman–Crippen MR) is 46.2 cm³/mol. The van der Waals surface area contributed by atoms with E-state index in [1.807, 2.05) is 6.92 Å². The first-order chi connectivity index (χ1) is 5.29. The van der Waals surface area contributed by atoms with Crippen molar-refractivity contribution in [2.45, 2.75) is 38.7 Å². The number of rotatable bonds is 4. The Hall–Kier alpha value is -0.340. The summed E-state index contributed by atoms with van der Waals surface area (Å²) in [4.78, 5) is 5.40. The van der Waals surface area contributed by atoms with Crippen LogP contribution in [0, 0.1) is 0 Å². The Bertz CT molecular complexity index is 128. The first-order valence-corrected chi connectivity index (χ1v) is 4.32. The van der Waals surface area contributed by atoms with Crippen LogP contribution >= 0.6 is 0 Å². The summed E-state index contributed by atoms with van der Waals surface area (Å²) in [5, 5.41) is 0. The molecule has 0 aromatic heterocycles. The maximum absolute atomic E-state index is 5.40. The lowest BCUT2D eigenvalue weighted by Gasteiger charge is -2.10. The van der Waals surface area contributed by atoms with Crippen molar-refractivity contribution in [3.8, 4) is 0 Å².